The topological polar surface area (TPSA) is 98.5 Å². The quantitative estimate of drug-likeness (QED) is 0.746. The number of hydrogen-bond donors (Lipinski definition) is 2. The number of carbonyl (C=O) groups is 3. The number of thiophene rings is 1. The van der Waals surface area contributed by atoms with Gasteiger partial charge in [-0.15, -0.1) is 11.3 Å². The highest BCUT2D eigenvalue weighted by Crippen LogP contribution is 2.24. The average molecular weight is 386 g/mol. The van der Waals surface area contributed by atoms with Gasteiger partial charge >= 0.3 is 5.97 Å². The Bertz CT molecular complexity index is 875. The van der Waals surface area contributed by atoms with Gasteiger partial charge in [-0.05, 0) is 60.7 Å². The molecule has 0 saturated carbocycles. The molecule has 0 spiro atoms. The summed E-state index contributed by atoms with van der Waals surface area (Å²) in [5.41, 5.74) is 9.04. The lowest BCUT2D eigenvalue weighted by Crippen LogP contribution is -2.31. The van der Waals surface area contributed by atoms with E-state index in [0.29, 0.717) is 5.00 Å². The van der Waals surface area contributed by atoms with Crippen LogP contribution in [0.1, 0.15) is 46.8 Å². The largest absolute Gasteiger partial charge is 0.452 e. The van der Waals surface area contributed by atoms with Gasteiger partial charge in [0.2, 0.25) is 0 Å². The number of nitrogens with two attached hydrogens (primary N) is 1. The summed E-state index contributed by atoms with van der Waals surface area (Å²) in [6.45, 7) is 1.50. The fraction of sp³-hybridized carbons (Fsp3) is 0.350. The molecule has 1 aromatic heterocycles. The molecule has 0 radical (unpaired) electrons. The van der Waals surface area contributed by atoms with Gasteiger partial charge in [-0.25, -0.2) is 0 Å². The Balaban J connectivity index is 1.56. The molecule has 27 heavy (non-hydrogen) atoms. The van der Waals surface area contributed by atoms with E-state index in [-0.39, 0.29) is 12.0 Å². The monoisotopic (exact) mass is 386 g/mol. The molecule has 0 bridgehead atoms. The van der Waals surface area contributed by atoms with Crippen molar-refractivity contribution in [2.45, 2.75) is 45.1 Å². The van der Waals surface area contributed by atoms with E-state index < -0.39 is 23.9 Å². The van der Waals surface area contributed by atoms with Gasteiger partial charge < -0.3 is 15.8 Å². The second kappa shape index (κ2) is 8.35. The Labute approximate surface area is 161 Å². The van der Waals surface area contributed by atoms with Crippen LogP contribution in [0.3, 0.4) is 0 Å². The van der Waals surface area contributed by atoms with Crippen LogP contribution in [0.2, 0.25) is 0 Å². The van der Waals surface area contributed by atoms with E-state index >= 15 is 0 Å². The Hall–Kier alpha value is -2.67. The maximum Gasteiger partial charge on any atom is 0.311 e. The minimum Gasteiger partial charge on any atom is -0.452 e. The summed E-state index contributed by atoms with van der Waals surface area (Å²) in [6.07, 6.45) is 3.67. The lowest BCUT2D eigenvalue weighted by molar-refractivity contribution is -0.152. The molecule has 3 rings (SSSR count). The maximum atomic E-state index is 12.2. The predicted molar refractivity (Wildman–Crippen MR) is 104 cm³/mol. The average Bonchev–Trinajstić information content (AvgIpc) is 3.09. The summed E-state index contributed by atoms with van der Waals surface area (Å²) in [7, 11) is 0. The number of rotatable bonds is 6. The van der Waals surface area contributed by atoms with Crippen LogP contribution in [0.25, 0.3) is 0 Å². The van der Waals surface area contributed by atoms with Gasteiger partial charge in [0.15, 0.2) is 6.10 Å². The van der Waals surface area contributed by atoms with Crippen molar-refractivity contribution < 1.29 is 19.1 Å². The number of nitrogens with one attached hydrogen (secondary N) is 1. The van der Waals surface area contributed by atoms with Gasteiger partial charge in [0, 0.05) is 0 Å². The molecule has 1 aromatic carbocycles. The standard InChI is InChI=1S/C20H22N2O4S/c1-12(19(25)22-20-16(18(21)24)8-9-27-20)26-17(23)11-13-6-7-14-4-2-3-5-15(14)10-13/h6-10,12H,2-5,11H2,1H3,(H2,21,24)(H,22,25)/t12-/m0/s1. The van der Waals surface area contributed by atoms with Crippen molar-refractivity contribution in [3.63, 3.8) is 0 Å². The lowest BCUT2D eigenvalue weighted by atomic mass is 9.90. The minimum absolute atomic E-state index is 0.121. The summed E-state index contributed by atoms with van der Waals surface area (Å²) in [4.78, 5) is 35.7. The number of ether oxygens (including phenoxy) is 1. The first-order valence-corrected chi connectivity index (χ1v) is 9.80. The van der Waals surface area contributed by atoms with Crippen LogP contribution < -0.4 is 11.1 Å². The van der Waals surface area contributed by atoms with E-state index in [1.165, 1.54) is 48.3 Å². The van der Waals surface area contributed by atoms with Crippen LogP contribution in [0.15, 0.2) is 29.6 Å². The van der Waals surface area contributed by atoms with Crippen molar-refractivity contribution in [2.75, 3.05) is 5.32 Å². The first-order valence-electron chi connectivity index (χ1n) is 8.92. The third-order valence-corrected chi connectivity index (χ3v) is 5.44. The summed E-state index contributed by atoms with van der Waals surface area (Å²) >= 11 is 1.18. The van der Waals surface area contributed by atoms with Crippen molar-refractivity contribution in [1.82, 2.24) is 0 Å². The van der Waals surface area contributed by atoms with Gasteiger partial charge in [0.1, 0.15) is 5.00 Å². The van der Waals surface area contributed by atoms with Gasteiger partial charge in [-0.3, -0.25) is 14.4 Å². The van der Waals surface area contributed by atoms with Crippen molar-refractivity contribution >= 4 is 34.1 Å². The van der Waals surface area contributed by atoms with Crippen LogP contribution >= 0.6 is 11.3 Å². The van der Waals surface area contributed by atoms with Crippen molar-refractivity contribution in [3.8, 4) is 0 Å². The molecular formula is C20H22N2O4S. The number of primary amides is 1. The fourth-order valence-corrected chi connectivity index (χ4v) is 3.96. The van der Waals surface area contributed by atoms with E-state index in [1.54, 1.807) is 5.38 Å². The molecule has 0 aliphatic heterocycles. The van der Waals surface area contributed by atoms with E-state index in [0.717, 1.165) is 18.4 Å². The molecule has 0 unspecified atom stereocenters. The predicted octanol–water partition coefficient (Wildman–Crippen LogP) is 2.84. The van der Waals surface area contributed by atoms with E-state index in [1.807, 2.05) is 6.07 Å². The van der Waals surface area contributed by atoms with Gasteiger partial charge in [-0.2, -0.15) is 0 Å². The summed E-state index contributed by atoms with van der Waals surface area (Å²) in [5, 5.41) is 4.59. The molecule has 1 aliphatic rings. The number of aryl methyl sites for hydroxylation is 2. The molecule has 1 aliphatic carbocycles. The van der Waals surface area contributed by atoms with Gasteiger partial charge in [0.05, 0.1) is 12.0 Å². The van der Waals surface area contributed by atoms with E-state index in [4.69, 9.17) is 10.5 Å². The summed E-state index contributed by atoms with van der Waals surface area (Å²) < 4.78 is 5.25. The van der Waals surface area contributed by atoms with E-state index in [9.17, 15) is 14.4 Å². The SMILES string of the molecule is C[C@H](OC(=O)Cc1ccc2c(c1)CCCC2)C(=O)Nc1sccc1C(N)=O. The number of benzene rings is 1. The summed E-state index contributed by atoms with van der Waals surface area (Å²) in [6, 6.07) is 7.62. The van der Waals surface area contributed by atoms with Crippen molar-refractivity contribution in [2.24, 2.45) is 5.73 Å². The normalized spacial score (nSPS) is 14.1. The molecule has 2 aromatic rings. The second-order valence-electron chi connectivity index (χ2n) is 6.64. The van der Waals surface area contributed by atoms with Crippen LogP contribution in [0, 0.1) is 0 Å². The van der Waals surface area contributed by atoms with Crippen molar-refractivity contribution in [3.05, 3.63) is 51.9 Å². The van der Waals surface area contributed by atoms with Gasteiger partial charge in [-0.1, -0.05) is 18.2 Å². The second-order valence-corrected chi connectivity index (χ2v) is 7.55. The highest BCUT2D eigenvalue weighted by atomic mass is 32.1. The van der Waals surface area contributed by atoms with Crippen LogP contribution in [-0.2, 0) is 33.6 Å². The number of amides is 2. The minimum atomic E-state index is -0.974. The van der Waals surface area contributed by atoms with Gasteiger partial charge in [0.25, 0.3) is 11.8 Å². The Morgan fingerprint density at radius 2 is 1.93 bits per heavy atom. The Kier molecular flexibility index (Phi) is 5.91. The fourth-order valence-electron chi connectivity index (χ4n) is 3.17. The molecule has 142 valence electrons. The number of carbonyl (C=O) groups excluding carboxylic acids is 3. The molecule has 2 amide bonds. The molecular weight excluding hydrogens is 364 g/mol. The smallest absolute Gasteiger partial charge is 0.311 e. The van der Waals surface area contributed by atoms with Crippen LogP contribution in [0.5, 0.6) is 0 Å². The molecule has 1 heterocycles. The van der Waals surface area contributed by atoms with Crippen LogP contribution in [-0.4, -0.2) is 23.9 Å². The van der Waals surface area contributed by atoms with E-state index in [2.05, 4.69) is 17.4 Å². The zero-order valence-corrected chi connectivity index (χ0v) is 15.9. The molecule has 3 N–H and O–H groups in total. The highest BCUT2D eigenvalue weighted by Gasteiger charge is 2.21. The lowest BCUT2D eigenvalue weighted by Gasteiger charge is -2.17. The number of anilines is 1. The summed E-state index contributed by atoms with van der Waals surface area (Å²) in [5.74, 6) is -1.59. The molecule has 7 heteroatoms. The number of esters is 1. The Morgan fingerprint density at radius 1 is 1.19 bits per heavy atom. The highest BCUT2D eigenvalue weighted by molar-refractivity contribution is 7.14. The molecule has 1 atom stereocenters. The molecule has 0 fully saturated rings. The number of fused-ring (bicyclic) bond motifs is 1. The molecule has 0 saturated heterocycles. The number of hydrogen-bond acceptors (Lipinski definition) is 5. The third-order valence-electron chi connectivity index (χ3n) is 4.61. The Morgan fingerprint density at radius 3 is 2.67 bits per heavy atom. The maximum absolute atomic E-state index is 12.2. The zero-order chi connectivity index (χ0) is 19.4. The van der Waals surface area contributed by atoms with Crippen molar-refractivity contribution in [1.29, 1.82) is 0 Å². The molecule has 6 nitrogen and oxygen atoms in total. The first kappa shape index (κ1) is 19.1. The zero-order valence-electron chi connectivity index (χ0n) is 15.1. The third kappa shape index (κ3) is 4.74. The van der Waals surface area contributed by atoms with Crippen LogP contribution in [0.4, 0.5) is 5.00 Å². The first-order chi connectivity index (χ1) is 12.9.